The summed E-state index contributed by atoms with van der Waals surface area (Å²) in [4.78, 5) is 0. The van der Waals surface area contributed by atoms with Crippen molar-refractivity contribution in [1.82, 2.24) is 0 Å². The molecule has 0 fully saturated rings. The van der Waals surface area contributed by atoms with Gasteiger partial charge in [0.15, 0.2) is 0 Å². The Kier molecular flexibility index (Phi) is 4.65. The van der Waals surface area contributed by atoms with Crippen LogP contribution in [0.2, 0.25) is 0 Å². The quantitative estimate of drug-likeness (QED) is 0.442. The molecule has 0 saturated carbocycles. The Bertz CT molecular complexity index is 180. The molecule has 1 rings (SSSR count). The predicted octanol–water partition coefficient (Wildman–Crippen LogP) is 2.29. The largest absolute Gasteiger partial charge is 0.508 e. The fourth-order valence-corrected chi connectivity index (χ4v) is 0.453. The molecule has 2 nitrogen and oxygen atoms in total. The van der Waals surface area contributed by atoms with Crippen molar-refractivity contribution in [3.63, 3.8) is 0 Å². The smallest absolute Gasteiger partial charge is 0.115 e. The third-order valence-electron chi connectivity index (χ3n) is 0.850. The molecule has 11 heavy (non-hydrogen) atoms. The molecule has 0 saturated heterocycles. The van der Waals surface area contributed by atoms with E-state index in [1.807, 2.05) is 6.92 Å². The second-order valence-electron chi connectivity index (χ2n) is 1.92. The highest BCUT2D eigenvalue weighted by molar-refractivity contribution is 5.28. The highest BCUT2D eigenvalue weighted by Crippen LogP contribution is 2.13. The molecule has 0 unspecified atom stereocenters. The fourth-order valence-electron chi connectivity index (χ4n) is 0.453. The third kappa shape index (κ3) is 5.03. The number of benzene rings is 1. The normalized spacial score (nSPS) is 7.73. The Hall–Kier alpha value is -1.44. The van der Waals surface area contributed by atoms with Crippen molar-refractivity contribution >= 4 is 0 Å². The van der Waals surface area contributed by atoms with Crippen molar-refractivity contribution in [3.05, 3.63) is 36.9 Å². The van der Waals surface area contributed by atoms with E-state index < -0.39 is 0 Å². The lowest BCUT2D eigenvalue weighted by atomic mass is 10.3. The molecule has 0 aliphatic rings. The molecule has 2 heteroatoms. The number of rotatable bonds is 0. The summed E-state index contributed by atoms with van der Waals surface area (Å²) in [5.41, 5.74) is 0. The predicted molar refractivity (Wildman–Crippen MR) is 45.6 cm³/mol. The summed E-state index contributed by atoms with van der Waals surface area (Å²) in [6, 6.07) is 5.70. The van der Waals surface area contributed by atoms with Crippen molar-refractivity contribution in [1.29, 1.82) is 0 Å². The molecule has 1 aromatic rings. The maximum absolute atomic E-state index is 8.65. The molecule has 0 amide bonds. The van der Waals surface area contributed by atoms with Gasteiger partial charge >= 0.3 is 0 Å². The van der Waals surface area contributed by atoms with Crippen molar-refractivity contribution in [3.8, 4) is 11.5 Å². The van der Waals surface area contributed by atoms with Gasteiger partial charge in [-0.15, -0.1) is 6.58 Å². The SMILES string of the molecule is C=CC.Oc1ccc(O)cc1. The summed E-state index contributed by atoms with van der Waals surface area (Å²) in [7, 11) is 0. The van der Waals surface area contributed by atoms with Gasteiger partial charge in [-0.2, -0.15) is 0 Å². The minimum absolute atomic E-state index is 0.169. The summed E-state index contributed by atoms with van der Waals surface area (Å²) in [5.74, 6) is 0.339. The van der Waals surface area contributed by atoms with Crippen molar-refractivity contribution in [2.75, 3.05) is 0 Å². The zero-order valence-corrected chi connectivity index (χ0v) is 6.49. The van der Waals surface area contributed by atoms with Gasteiger partial charge in [-0.1, -0.05) is 6.08 Å². The molecule has 0 heterocycles. The highest BCUT2D eigenvalue weighted by Gasteiger charge is 1.84. The maximum atomic E-state index is 8.65. The average molecular weight is 152 g/mol. The first kappa shape index (κ1) is 9.56. The van der Waals surface area contributed by atoms with E-state index in [9.17, 15) is 0 Å². The number of phenolic OH excluding ortho intramolecular Hbond substituents is 2. The van der Waals surface area contributed by atoms with Crippen molar-refractivity contribution < 1.29 is 10.2 Å². The minimum Gasteiger partial charge on any atom is -0.508 e. The van der Waals surface area contributed by atoms with Crippen molar-refractivity contribution in [2.45, 2.75) is 6.92 Å². The van der Waals surface area contributed by atoms with E-state index in [1.165, 1.54) is 24.3 Å². The molecular formula is C9H12O2. The van der Waals surface area contributed by atoms with Crippen LogP contribution in [0.5, 0.6) is 11.5 Å². The molecular weight excluding hydrogens is 140 g/mol. The molecule has 0 aromatic heterocycles. The summed E-state index contributed by atoms with van der Waals surface area (Å²) >= 11 is 0. The van der Waals surface area contributed by atoms with Crippen molar-refractivity contribution in [2.24, 2.45) is 0 Å². The van der Waals surface area contributed by atoms with Gasteiger partial charge in [-0.05, 0) is 31.2 Å². The van der Waals surface area contributed by atoms with Gasteiger partial charge in [0.1, 0.15) is 11.5 Å². The van der Waals surface area contributed by atoms with E-state index in [0.717, 1.165) is 0 Å². The summed E-state index contributed by atoms with van der Waals surface area (Å²) in [6.45, 7) is 5.25. The summed E-state index contributed by atoms with van der Waals surface area (Å²) in [5, 5.41) is 17.3. The monoisotopic (exact) mass is 152 g/mol. The Morgan fingerprint density at radius 1 is 1.09 bits per heavy atom. The van der Waals surface area contributed by atoms with Gasteiger partial charge in [0, 0.05) is 0 Å². The number of hydrogen-bond donors (Lipinski definition) is 2. The Labute approximate surface area is 66.4 Å². The Morgan fingerprint density at radius 2 is 1.27 bits per heavy atom. The van der Waals surface area contributed by atoms with Gasteiger partial charge in [-0.3, -0.25) is 0 Å². The lowest BCUT2D eigenvalue weighted by Crippen LogP contribution is -1.61. The van der Waals surface area contributed by atoms with E-state index in [1.54, 1.807) is 6.08 Å². The zero-order chi connectivity index (χ0) is 8.69. The number of allylic oxidation sites excluding steroid dienone is 1. The maximum Gasteiger partial charge on any atom is 0.115 e. The lowest BCUT2D eigenvalue weighted by molar-refractivity contribution is 0.460. The van der Waals surface area contributed by atoms with E-state index >= 15 is 0 Å². The first-order chi connectivity index (χ1) is 5.20. The molecule has 0 spiro atoms. The van der Waals surface area contributed by atoms with Crippen LogP contribution in [0.4, 0.5) is 0 Å². The van der Waals surface area contributed by atoms with E-state index in [4.69, 9.17) is 10.2 Å². The molecule has 60 valence electrons. The van der Waals surface area contributed by atoms with Crippen LogP contribution in [0, 0.1) is 0 Å². The van der Waals surface area contributed by atoms with Gasteiger partial charge < -0.3 is 10.2 Å². The average Bonchev–Trinajstić information content (AvgIpc) is 1.97. The van der Waals surface area contributed by atoms with Crippen LogP contribution < -0.4 is 0 Å². The standard InChI is InChI=1S/C6H6O2.C3H6/c7-5-1-2-6(8)4-3-5;1-3-2/h1-4,7-8H;3H,1H2,2H3. The van der Waals surface area contributed by atoms with Gasteiger partial charge in [0.2, 0.25) is 0 Å². The first-order valence-corrected chi connectivity index (χ1v) is 3.25. The zero-order valence-electron chi connectivity index (χ0n) is 6.49. The molecule has 0 atom stereocenters. The van der Waals surface area contributed by atoms with Crippen LogP contribution in [0.1, 0.15) is 6.92 Å². The van der Waals surface area contributed by atoms with Gasteiger partial charge in [0.25, 0.3) is 0 Å². The molecule has 1 aromatic carbocycles. The number of hydrogen-bond acceptors (Lipinski definition) is 2. The molecule has 0 radical (unpaired) electrons. The van der Waals surface area contributed by atoms with Crippen LogP contribution in [0.25, 0.3) is 0 Å². The van der Waals surface area contributed by atoms with E-state index in [0.29, 0.717) is 0 Å². The number of phenols is 2. The third-order valence-corrected chi connectivity index (χ3v) is 0.850. The Morgan fingerprint density at radius 3 is 1.45 bits per heavy atom. The van der Waals surface area contributed by atoms with Crippen LogP contribution in [-0.2, 0) is 0 Å². The second-order valence-corrected chi connectivity index (χ2v) is 1.92. The molecule has 2 N–H and O–H groups in total. The second kappa shape index (κ2) is 5.35. The van der Waals surface area contributed by atoms with Crippen LogP contribution in [0.3, 0.4) is 0 Å². The minimum atomic E-state index is 0.169. The summed E-state index contributed by atoms with van der Waals surface area (Å²) < 4.78 is 0. The van der Waals surface area contributed by atoms with Crippen LogP contribution in [0.15, 0.2) is 36.9 Å². The van der Waals surface area contributed by atoms with E-state index in [2.05, 4.69) is 6.58 Å². The van der Waals surface area contributed by atoms with Crippen LogP contribution in [-0.4, -0.2) is 10.2 Å². The topological polar surface area (TPSA) is 40.5 Å². The van der Waals surface area contributed by atoms with Gasteiger partial charge in [0.05, 0.1) is 0 Å². The molecule has 0 bridgehead atoms. The van der Waals surface area contributed by atoms with Gasteiger partial charge in [-0.25, -0.2) is 0 Å². The highest BCUT2D eigenvalue weighted by atomic mass is 16.3. The fraction of sp³-hybridized carbons (Fsp3) is 0.111. The summed E-state index contributed by atoms with van der Waals surface area (Å²) in [6.07, 6.45) is 1.75. The number of aromatic hydroxyl groups is 2. The Balaban J connectivity index is 0.000000292. The molecule has 0 aliphatic carbocycles. The molecule has 0 aliphatic heterocycles. The van der Waals surface area contributed by atoms with Crippen LogP contribution >= 0.6 is 0 Å². The lowest BCUT2D eigenvalue weighted by Gasteiger charge is -1.88. The first-order valence-electron chi connectivity index (χ1n) is 3.25. The van der Waals surface area contributed by atoms with E-state index in [-0.39, 0.29) is 11.5 Å².